The van der Waals surface area contributed by atoms with Crippen molar-refractivity contribution in [3.05, 3.63) is 105 Å². The van der Waals surface area contributed by atoms with E-state index in [-0.39, 0.29) is 23.6 Å². The van der Waals surface area contributed by atoms with Gasteiger partial charge in [-0.2, -0.15) is 5.10 Å². The number of carbonyl (C=O) groups excluding carboxylic acids is 2. The van der Waals surface area contributed by atoms with Gasteiger partial charge in [-0.15, -0.1) is 0 Å². The number of hydrogen-bond acceptors (Lipinski definition) is 3. The van der Waals surface area contributed by atoms with Crippen molar-refractivity contribution in [3.8, 4) is 0 Å². The van der Waals surface area contributed by atoms with Crippen LogP contribution in [0.1, 0.15) is 33.9 Å². The Kier molecular flexibility index (Phi) is 6.53. The van der Waals surface area contributed by atoms with Crippen LogP contribution in [0.25, 0.3) is 0 Å². The first kappa shape index (κ1) is 22.0. The summed E-state index contributed by atoms with van der Waals surface area (Å²) in [6, 6.07) is 19.3. The van der Waals surface area contributed by atoms with Crippen molar-refractivity contribution in [1.29, 1.82) is 0 Å². The highest BCUT2D eigenvalue weighted by Gasteiger charge is 2.35. The SMILES string of the molecule is O=C(NCC(=O)N1N=C(c2ccccc2Cl)C[C@H]1c1ccccc1F)c1ccccc1Cl. The van der Waals surface area contributed by atoms with E-state index in [1.807, 2.05) is 6.07 Å². The van der Waals surface area contributed by atoms with Gasteiger partial charge in [0.1, 0.15) is 5.82 Å². The lowest BCUT2D eigenvalue weighted by molar-refractivity contribution is -0.131. The summed E-state index contributed by atoms with van der Waals surface area (Å²) < 4.78 is 14.6. The maximum atomic E-state index is 14.6. The molecule has 3 aromatic carbocycles. The van der Waals surface area contributed by atoms with Gasteiger partial charge in [-0.3, -0.25) is 9.59 Å². The Morgan fingerprint density at radius 2 is 1.62 bits per heavy atom. The largest absolute Gasteiger partial charge is 0.343 e. The van der Waals surface area contributed by atoms with E-state index in [9.17, 15) is 14.0 Å². The van der Waals surface area contributed by atoms with Crippen LogP contribution in [0.5, 0.6) is 0 Å². The number of rotatable bonds is 5. The van der Waals surface area contributed by atoms with E-state index in [2.05, 4.69) is 10.4 Å². The zero-order valence-electron chi connectivity index (χ0n) is 16.8. The molecule has 1 aliphatic heterocycles. The minimum atomic E-state index is -0.660. The Hall–Kier alpha value is -3.22. The van der Waals surface area contributed by atoms with Gasteiger partial charge < -0.3 is 5.32 Å². The molecule has 3 aromatic rings. The van der Waals surface area contributed by atoms with Crippen LogP contribution < -0.4 is 5.32 Å². The van der Waals surface area contributed by atoms with Crippen molar-refractivity contribution in [2.75, 3.05) is 6.54 Å². The number of benzene rings is 3. The average Bonchev–Trinajstić information content (AvgIpc) is 3.23. The lowest BCUT2D eigenvalue weighted by Gasteiger charge is -2.22. The molecule has 0 radical (unpaired) electrons. The number of hydrazone groups is 1. The fraction of sp³-hybridized carbons (Fsp3) is 0.125. The van der Waals surface area contributed by atoms with Gasteiger partial charge in [0.25, 0.3) is 11.8 Å². The van der Waals surface area contributed by atoms with Crippen molar-refractivity contribution >= 4 is 40.7 Å². The van der Waals surface area contributed by atoms with Crippen molar-refractivity contribution in [2.45, 2.75) is 12.5 Å². The zero-order chi connectivity index (χ0) is 22.7. The van der Waals surface area contributed by atoms with Gasteiger partial charge in [0, 0.05) is 22.6 Å². The average molecular weight is 470 g/mol. The first-order valence-electron chi connectivity index (χ1n) is 9.87. The third kappa shape index (κ3) is 4.52. The van der Waals surface area contributed by atoms with Crippen LogP contribution in [0.3, 0.4) is 0 Å². The number of halogens is 3. The number of nitrogens with one attached hydrogen (secondary N) is 1. The second kappa shape index (κ2) is 9.51. The Labute approximate surface area is 194 Å². The Morgan fingerprint density at radius 1 is 0.969 bits per heavy atom. The highest BCUT2D eigenvalue weighted by Crippen LogP contribution is 2.35. The second-order valence-electron chi connectivity index (χ2n) is 7.17. The van der Waals surface area contributed by atoms with E-state index >= 15 is 0 Å². The molecular weight excluding hydrogens is 452 g/mol. The monoisotopic (exact) mass is 469 g/mol. The molecule has 0 aromatic heterocycles. The Balaban J connectivity index is 1.59. The molecule has 0 spiro atoms. The van der Waals surface area contributed by atoms with Crippen LogP contribution in [0.4, 0.5) is 4.39 Å². The third-order valence-corrected chi connectivity index (χ3v) is 5.79. The van der Waals surface area contributed by atoms with E-state index < -0.39 is 23.7 Å². The summed E-state index contributed by atoms with van der Waals surface area (Å²) in [4.78, 5) is 25.5. The van der Waals surface area contributed by atoms with E-state index in [0.717, 1.165) is 0 Å². The lowest BCUT2D eigenvalue weighted by atomic mass is 9.98. The number of hydrogen-bond donors (Lipinski definition) is 1. The molecule has 0 saturated carbocycles. The smallest absolute Gasteiger partial charge is 0.262 e. The quantitative estimate of drug-likeness (QED) is 0.555. The first-order valence-corrected chi connectivity index (χ1v) is 10.6. The van der Waals surface area contributed by atoms with Gasteiger partial charge in [0.2, 0.25) is 0 Å². The molecule has 5 nitrogen and oxygen atoms in total. The first-order chi connectivity index (χ1) is 15.5. The maximum absolute atomic E-state index is 14.6. The molecule has 1 aliphatic rings. The molecule has 4 rings (SSSR count). The molecule has 162 valence electrons. The molecule has 2 amide bonds. The van der Waals surface area contributed by atoms with Gasteiger partial charge in [0.15, 0.2) is 0 Å². The summed E-state index contributed by atoms with van der Waals surface area (Å²) in [5.41, 5.74) is 1.83. The Bertz CT molecular complexity index is 1220. The van der Waals surface area contributed by atoms with Crippen molar-refractivity contribution in [3.63, 3.8) is 0 Å². The zero-order valence-corrected chi connectivity index (χ0v) is 18.3. The molecule has 32 heavy (non-hydrogen) atoms. The van der Waals surface area contributed by atoms with Gasteiger partial charge in [-0.1, -0.05) is 71.7 Å². The molecule has 0 unspecified atom stereocenters. The van der Waals surface area contributed by atoms with Crippen molar-refractivity contribution in [1.82, 2.24) is 10.3 Å². The van der Waals surface area contributed by atoms with Crippen LogP contribution in [-0.4, -0.2) is 29.1 Å². The summed E-state index contributed by atoms with van der Waals surface area (Å²) in [5.74, 6) is -1.41. The molecule has 1 N–H and O–H groups in total. The highest BCUT2D eigenvalue weighted by molar-refractivity contribution is 6.34. The topological polar surface area (TPSA) is 61.8 Å². The van der Waals surface area contributed by atoms with Crippen LogP contribution in [0.2, 0.25) is 10.0 Å². The standard InChI is InChI=1S/C24H18Cl2FN3O2/c25-18-10-4-1-7-15(18)21-13-22(17-9-3-6-12-20(17)27)30(29-21)23(31)14-28-24(32)16-8-2-5-11-19(16)26/h1-12,22H,13-14H2,(H,28,32)/t22-/m0/s1. The normalized spacial score (nSPS) is 15.4. The summed E-state index contributed by atoms with van der Waals surface area (Å²) >= 11 is 12.4. The lowest BCUT2D eigenvalue weighted by Crippen LogP contribution is -2.38. The van der Waals surface area contributed by atoms with E-state index in [1.165, 1.54) is 11.1 Å². The van der Waals surface area contributed by atoms with Gasteiger partial charge in [0.05, 0.1) is 28.9 Å². The Morgan fingerprint density at radius 3 is 2.34 bits per heavy atom. The fourth-order valence-corrected chi connectivity index (χ4v) is 4.03. The number of nitrogens with zero attached hydrogens (tertiary/aromatic N) is 2. The molecular formula is C24H18Cl2FN3O2. The van der Waals surface area contributed by atoms with Gasteiger partial charge >= 0.3 is 0 Å². The number of amides is 2. The molecule has 0 fully saturated rings. The van der Waals surface area contributed by atoms with Crippen molar-refractivity contribution < 1.29 is 14.0 Å². The van der Waals surface area contributed by atoms with Crippen molar-refractivity contribution in [2.24, 2.45) is 5.10 Å². The van der Waals surface area contributed by atoms with E-state index in [4.69, 9.17) is 23.2 Å². The molecule has 0 aliphatic carbocycles. The van der Waals surface area contributed by atoms with Gasteiger partial charge in [-0.25, -0.2) is 9.40 Å². The minimum Gasteiger partial charge on any atom is -0.343 e. The summed E-state index contributed by atoms with van der Waals surface area (Å²) in [7, 11) is 0. The number of carbonyl (C=O) groups is 2. The molecule has 1 atom stereocenters. The summed E-state index contributed by atoms with van der Waals surface area (Å²) in [6.45, 7) is -0.325. The predicted octanol–water partition coefficient (Wildman–Crippen LogP) is 5.24. The predicted molar refractivity (Wildman–Crippen MR) is 122 cm³/mol. The molecule has 0 saturated heterocycles. The van der Waals surface area contributed by atoms with Crippen LogP contribution in [0.15, 0.2) is 77.9 Å². The highest BCUT2D eigenvalue weighted by atomic mass is 35.5. The molecule has 8 heteroatoms. The molecule has 1 heterocycles. The van der Waals surface area contributed by atoms with Crippen LogP contribution in [-0.2, 0) is 4.79 Å². The second-order valence-corrected chi connectivity index (χ2v) is 7.98. The van der Waals surface area contributed by atoms with E-state index in [1.54, 1.807) is 60.7 Å². The van der Waals surface area contributed by atoms with Crippen LogP contribution >= 0.6 is 23.2 Å². The minimum absolute atomic E-state index is 0.259. The fourth-order valence-electron chi connectivity index (χ4n) is 3.56. The summed E-state index contributed by atoms with van der Waals surface area (Å²) in [6.07, 6.45) is 0.287. The molecule has 0 bridgehead atoms. The van der Waals surface area contributed by atoms with Crippen LogP contribution in [0, 0.1) is 5.82 Å². The van der Waals surface area contributed by atoms with E-state index in [0.29, 0.717) is 21.9 Å². The third-order valence-electron chi connectivity index (χ3n) is 5.13. The maximum Gasteiger partial charge on any atom is 0.262 e. The summed E-state index contributed by atoms with van der Waals surface area (Å²) in [5, 5.41) is 9.00. The van der Waals surface area contributed by atoms with Gasteiger partial charge in [-0.05, 0) is 24.3 Å².